The number of benzene rings is 3. The Morgan fingerprint density at radius 1 is 0.842 bits per heavy atom. The summed E-state index contributed by atoms with van der Waals surface area (Å²) in [6.07, 6.45) is 0. The maximum absolute atomic E-state index is 13.5. The van der Waals surface area contributed by atoms with Crippen LogP contribution in [0, 0.1) is 13.8 Å². The summed E-state index contributed by atoms with van der Waals surface area (Å²) in [6.45, 7) is 11.1. The van der Waals surface area contributed by atoms with E-state index in [1.807, 2.05) is 44.2 Å². The van der Waals surface area contributed by atoms with Crippen molar-refractivity contribution in [3.8, 4) is 23.0 Å². The lowest BCUT2D eigenvalue weighted by Crippen LogP contribution is -2.23. The first kappa shape index (κ1) is 29.8. The fourth-order valence-electron chi connectivity index (χ4n) is 4.25. The van der Waals surface area contributed by atoms with Gasteiger partial charge in [0, 0.05) is 31.7 Å². The molecular formula is C29H37BrO7Si. The lowest BCUT2D eigenvalue weighted by atomic mass is 9.95. The monoisotopic (exact) mass is 604 g/mol. The van der Waals surface area contributed by atoms with Crippen LogP contribution in [0.3, 0.4) is 0 Å². The first-order valence-corrected chi connectivity index (χ1v) is 16.9. The highest BCUT2D eigenvalue weighted by Crippen LogP contribution is 2.53. The molecule has 0 amide bonds. The van der Waals surface area contributed by atoms with Crippen molar-refractivity contribution in [1.82, 2.24) is 0 Å². The van der Waals surface area contributed by atoms with E-state index in [9.17, 15) is 4.79 Å². The van der Waals surface area contributed by atoms with Gasteiger partial charge >= 0.3 is 5.97 Å². The molecule has 0 aromatic heterocycles. The van der Waals surface area contributed by atoms with Gasteiger partial charge < -0.3 is 28.4 Å². The Hall–Kier alpha value is -2.75. The summed E-state index contributed by atoms with van der Waals surface area (Å²) >= 11 is 3.72. The minimum atomic E-state index is -1.39. The SMILES string of the molecule is COCOc1c(C)c(OCc2ccccc2)c2c(OC)c(C(=O)OCC[Si](C)(C)C)c(C)c(OC)c2c1Br. The Morgan fingerprint density at radius 3 is 2.08 bits per heavy atom. The molecule has 3 rings (SSSR count). The Bertz CT molecular complexity index is 1290. The van der Waals surface area contributed by atoms with Crippen LogP contribution in [0.15, 0.2) is 34.8 Å². The Morgan fingerprint density at radius 2 is 1.50 bits per heavy atom. The van der Waals surface area contributed by atoms with E-state index < -0.39 is 14.0 Å². The standard InChI is InChI=1S/C29H37BrO7Si/c1-18-21(29(31)35-14-15-38(6,7)8)28(34-5)23-22(25(18)33-4)24(30)27(37-17-32-3)19(2)26(23)36-16-20-12-10-9-11-13-20/h9-13H,14-17H2,1-8H3. The van der Waals surface area contributed by atoms with Crippen molar-refractivity contribution >= 4 is 40.7 Å². The summed E-state index contributed by atoms with van der Waals surface area (Å²) in [5.74, 6) is 1.47. The van der Waals surface area contributed by atoms with Gasteiger partial charge in [0.25, 0.3) is 0 Å². The Balaban J connectivity index is 2.30. The molecule has 3 aromatic rings. The largest absolute Gasteiger partial charge is 0.496 e. The van der Waals surface area contributed by atoms with Crippen LogP contribution in [0.25, 0.3) is 10.8 Å². The summed E-state index contributed by atoms with van der Waals surface area (Å²) in [7, 11) is 3.28. The summed E-state index contributed by atoms with van der Waals surface area (Å²) in [4.78, 5) is 13.5. The van der Waals surface area contributed by atoms with Gasteiger partial charge in [-0.25, -0.2) is 4.79 Å². The van der Waals surface area contributed by atoms with Crippen LogP contribution >= 0.6 is 15.9 Å². The molecule has 3 aromatic carbocycles. The number of rotatable bonds is 12. The second-order valence-electron chi connectivity index (χ2n) is 10.2. The average molecular weight is 606 g/mol. The molecule has 0 atom stereocenters. The lowest BCUT2D eigenvalue weighted by Gasteiger charge is -2.24. The van der Waals surface area contributed by atoms with Crippen LogP contribution in [0.5, 0.6) is 23.0 Å². The predicted octanol–water partition coefficient (Wildman–Crippen LogP) is 7.29. The molecular weight excluding hydrogens is 568 g/mol. The molecule has 0 aliphatic heterocycles. The molecule has 0 aliphatic carbocycles. The van der Waals surface area contributed by atoms with Gasteiger partial charge in [-0.2, -0.15) is 0 Å². The molecule has 0 radical (unpaired) electrons. The van der Waals surface area contributed by atoms with E-state index in [4.69, 9.17) is 28.4 Å². The normalized spacial score (nSPS) is 11.4. The van der Waals surface area contributed by atoms with Crippen LogP contribution in [0.1, 0.15) is 27.0 Å². The maximum atomic E-state index is 13.5. The third-order valence-electron chi connectivity index (χ3n) is 6.22. The zero-order valence-corrected chi connectivity index (χ0v) is 26.0. The molecule has 0 saturated carbocycles. The van der Waals surface area contributed by atoms with Gasteiger partial charge in [-0.15, -0.1) is 0 Å². The van der Waals surface area contributed by atoms with E-state index in [0.717, 1.165) is 17.2 Å². The zero-order valence-electron chi connectivity index (χ0n) is 23.5. The molecule has 7 nitrogen and oxygen atoms in total. The molecule has 0 spiro atoms. The minimum Gasteiger partial charge on any atom is -0.496 e. The van der Waals surface area contributed by atoms with Crippen molar-refractivity contribution in [2.45, 2.75) is 46.1 Å². The number of ether oxygens (including phenoxy) is 6. The molecule has 0 bridgehead atoms. The molecule has 0 aliphatic rings. The second kappa shape index (κ2) is 12.9. The molecule has 0 saturated heterocycles. The van der Waals surface area contributed by atoms with Gasteiger partial charge in [-0.3, -0.25) is 0 Å². The van der Waals surface area contributed by atoms with E-state index in [0.29, 0.717) is 62.6 Å². The number of fused-ring (bicyclic) bond motifs is 1. The topological polar surface area (TPSA) is 72.5 Å². The summed E-state index contributed by atoms with van der Waals surface area (Å²) in [5.41, 5.74) is 2.63. The van der Waals surface area contributed by atoms with E-state index in [-0.39, 0.29) is 6.79 Å². The van der Waals surface area contributed by atoms with Crippen molar-refractivity contribution < 1.29 is 33.2 Å². The number of hydrogen-bond donors (Lipinski definition) is 0. The third kappa shape index (κ3) is 6.44. The van der Waals surface area contributed by atoms with Gasteiger partial charge in [-0.05, 0) is 41.4 Å². The van der Waals surface area contributed by atoms with Crippen LogP contribution < -0.4 is 18.9 Å². The summed E-state index contributed by atoms with van der Waals surface area (Å²) in [5, 5.41) is 1.26. The third-order valence-corrected chi connectivity index (χ3v) is 8.68. The van der Waals surface area contributed by atoms with Gasteiger partial charge in [0.2, 0.25) is 0 Å². The van der Waals surface area contributed by atoms with Crippen molar-refractivity contribution in [3.63, 3.8) is 0 Å². The molecule has 206 valence electrons. The average Bonchev–Trinajstić information content (AvgIpc) is 2.87. The van der Waals surface area contributed by atoms with Crippen molar-refractivity contribution in [3.05, 3.63) is 57.1 Å². The highest BCUT2D eigenvalue weighted by Gasteiger charge is 2.31. The first-order valence-electron chi connectivity index (χ1n) is 12.4. The molecule has 0 heterocycles. The second-order valence-corrected chi connectivity index (χ2v) is 16.6. The molecule has 9 heteroatoms. The smallest absolute Gasteiger partial charge is 0.342 e. The highest BCUT2D eigenvalue weighted by atomic mass is 79.9. The summed E-state index contributed by atoms with van der Waals surface area (Å²) in [6, 6.07) is 10.7. The predicted molar refractivity (Wildman–Crippen MR) is 156 cm³/mol. The first-order chi connectivity index (χ1) is 18.1. The van der Waals surface area contributed by atoms with Gasteiger partial charge in [0.05, 0.1) is 30.7 Å². The van der Waals surface area contributed by atoms with Gasteiger partial charge in [0.1, 0.15) is 35.2 Å². The number of halogens is 1. The Labute approximate surface area is 234 Å². The zero-order chi connectivity index (χ0) is 28.0. The van der Waals surface area contributed by atoms with Gasteiger partial charge in [0.15, 0.2) is 6.79 Å². The number of carbonyl (C=O) groups is 1. The van der Waals surface area contributed by atoms with Crippen molar-refractivity contribution in [1.29, 1.82) is 0 Å². The minimum absolute atomic E-state index is 0.0446. The Kier molecular flexibility index (Phi) is 10.1. The van der Waals surface area contributed by atoms with Crippen molar-refractivity contribution in [2.24, 2.45) is 0 Å². The molecule has 0 fully saturated rings. The van der Waals surface area contributed by atoms with Crippen molar-refractivity contribution in [2.75, 3.05) is 34.7 Å². The van der Waals surface area contributed by atoms with E-state index in [1.165, 1.54) is 0 Å². The fourth-order valence-corrected chi connectivity index (χ4v) is 5.75. The fraction of sp³-hybridized carbons (Fsp3) is 0.414. The van der Waals surface area contributed by atoms with E-state index >= 15 is 0 Å². The quantitative estimate of drug-likeness (QED) is 0.122. The lowest BCUT2D eigenvalue weighted by molar-refractivity contribution is 0.0499. The highest BCUT2D eigenvalue weighted by molar-refractivity contribution is 9.10. The molecule has 38 heavy (non-hydrogen) atoms. The number of hydrogen-bond acceptors (Lipinski definition) is 7. The summed E-state index contributed by atoms with van der Waals surface area (Å²) < 4.78 is 35.8. The number of esters is 1. The number of carbonyl (C=O) groups excluding carboxylic acids is 1. The van der Waals surface area contributed by atoms with E-state index in [1.54, 1.807) is 21.3 Å². The molecule has 0 N–H and O–H groups in total. The van der Waals surface area contributed by atoms with E-state index in [2.05, 4.69) is 35.6 Å². The van der Waals surface area contributed by atoms with Crippen LogP contribution in [0.4, 0.5) is 0 Å². The van der Waals surface area contributed by atoms with Crippen LogP contribution in [-0.2, 0) is 16.1 Å². The maximum Gasteiger partial charge on any atom is 0.342 e. The van der Waals surface area contributed by atoms with Crippen LogP contribution in [-0.4, -0.2) is 48.8 Å². The number of methoxy groups -OCH3 is 3. The molecule has 0 unspecified atom stereocenters. The van der Waals surface area contributed by atoms with Gasteiger partial charge in [-0.1, -0.05) is 50.0 Å². The van der Waals surface area contributed by atoms with Crippen LogP contribution in [0.2, 0.25) is 25.7 Å².